The van der Waals surface area contributed by atoms with E-state index in [1.54, 1.807) is 30.3 Å². The zero-order chi connectivity index (χ0) is 19.9. The van der Waals surface area contributed by atoms with Gasteiger partial charge in [0.1, 0.15) is 17.1 Å². The Hall–Kier alpha value is -2.68. The Bertz CT molecular complexity index is 911. The summed E-state index contributed by atoms with van der Waals surface area (Å²) < 4.78 is 41.4. The number of nitrogens with one attached hydrogen (secondary N) is 1. The predicted molar refractivity (Wildman–Crippen MR) is 96.4 cm³/mol. The smallest absolute Gasteiger partial charge is 0.406 e. The van der Waals surface area contributed by atoms with Crippen molar-refractivity contribution in [3.8, 4) is 17.0 Å². The van der Waals surface area contributed by atoms with E-state index in [-0.39, 0.29) is 19.1 Å². The number of amides is 1. The molecule has 150 valence electrons. The minimum atomic E-state index is -4.75. The standard InChI is InChI=1S/C19H19F3N4O2.H2/c1-26-10-8-18(17(26)27)7-5-15(25-18)16-23-9-6-14(24-16)12-3-2-4-13(11-12)28-19(20,21)22;/h2-4,6,9,11,15,25H,5,7-8,10H2,1H3;1H/t15-,18+;/m1./s1. The molecule has 2 fully saturated rings. The Morgan fingerprint density at radius 1 is 1.32 bits per heavy atom. The van der Waals surface area contributed by atoms with Gasteiger partial charge in [0, 0.05) is 26.8 Å². The molecule has 1 aromatic carbocycles. The molecular weight excluding hydrogens is 373 g/mol. The molecule has 9 heteroatoms. The number of halogens is 3. The lowest BCUT2D eigenvalue weighted by Crippen LogP contribution is -2.47. The summed E-state index contributed by atoms with van der Waals surface area (Å²) in [5.41, 5.74) is 0.434. The van der Waals surface area contributed by atoms with Crippen LogP contribution in [0.15, 0.2) is 36.5 Å². The van der Waals surface area contributed by atoms with Crippen molar-refractivity contribution in [2.75, 3.05) is 13.6 Å². The first-order valence-electron chi connectivity index (χ1n) is 8.98. The van der Waals surface area contributed by atoms with Gasteiger partial charge >= 0.3 is 6.36 Å². The molecular formula is C19H21F3N4O2. The SMILES string of the molecule is CN1CC[C@@]2(CC[C@H](c3nccc(-c4cccc(OC(F)(F)F)c4)n3)N2)C1=O.[HH]. The Balaban J connectivity index is 0.00000240. The number of carbonyl (C=O) groups is 1. The average Bonchev–Trinajstić information content (AvgIpc) is 3.21. The molecule has 2 saturated heterocycles. The summed E-state index contributed by atoms with van der Waals surface area (Å²) >= 11 is 0. The number of ether oxygens (including phenoxy) is 1. The maximum absolute atomic E-state index is 12.5. The van der Waals surface area contributed by atoms with E-state index in [1.165, 1.54) is 18.2 Å². The molecule has 0 radical (unpaired) electrons. The van der Waals surface area contributed by atoms with E-state index in [4.69, 9.17) is 0 Å². The third-order valence-electron chi connectivity index (χ3n) is 5.29. The van der Waals surface area contributed by atoms with Crippen LogP contribution in [0.1, 0.15) is 32.6 Å². The first-order valence-corrected chi connectivity index (χ1v) is 8.98. The molecule has 1 spiro atoms. The van der Waals surface area contributed by atoms with Crippen molar-refractivity contribution in [1.82, 2.24) is 20.2 Å². The molecule has 0 saturated carbocycles. The lowest BCUT2D eigenvalue weighted by atomic mass is 9.96. The molecule has 0 aliphatic carbocycles. The molecule has 3 heterocycles. The van der Waals surface area contributed by atoms with Gasteiger partial charge in [-0.2, -0.15) is 0 Å². The second kappa shape index (κ2) is 6.73. The summed E-state index contributed by atoms with van der Waals surface area (Å²) in [4.78, 5) is 23.0. The van der Waals surface area contributed by atoms with Gasteiger partial charge in [0.15, 0.2) is 0 Å². The number of nitrogens with zero attached hydrogens (tertiary/aromatic N) is 3. The number of carbonyl (C=O) groups excluding carboxylic acids is 1. The maximum Gasteiger partial charge on any atom is 0.573 e. The number of likely N-dealkylation sites (tertiary alicyclic amines) is 1. The second-order valence-corrected chi connectivity index (χ2v) is 7.17. The third-order valence-corrected chi connectivity index (χ3v) is 5.29. The molecule has 6 nitrogen and oxygen atoms in total. The van der Waals surface area contributed by atoms with E-state index in [2.05, 4.69) is 20.0 Å². The fraction of sp³-hybridized carbons (Fsp3) is 0.421. The summed E-state index contributed by atoms with van der Waals surface area (Å²) in [5, 5.41) is 3.39. The zero-order valence-electron chi connectivity index (χ0n) is 15.2. The number of rotatable bonds is 3. The van der Waals surface area contributed by atoms with Gasteiger partial charge in [-0.05, 0) is 37.5 Å². The van der Waals surface area contributed by atoms with Crippen LogP contribution in [0.2, 0.25) is 0 Å². The van der Waals surface area contributed by atoms with E-state index >= 15 is 0 Å². The highest BCUT2D eigenvalue weighted by Crippen LogP contribution is 2.38. The molecule has 4 rings (SSSR count). The summed E-state index contributed by atoms with van der Waals surface area (Å²) in [6, 6.07) is 7.13. The van der Waals surface area contributed by atoms with Crippen LogP contribution in [-0.4, -0.2) is 46.3 Å². The lowest BCUT2D eigenvalue weighted by Gasteiger charge is -2.23. The number of hydrogen-bond donors (Lipinski definition) is 1. The van der Waals surface area contributed by atoms with Gasteiger partial charge in [0.05, 0.1) is 11.7 Å². The zero-order valence-corrected chi connectivity index (χ0v) is 15.2. The van der Waals surface area contributed by atoms with Crippen LogP contribution in [0.5, 0.6) is 5.75 Å². The van der Waals surface area contributed by atoms with Crippen molar-refractivity contribution in [3.63, 3.8) is 0 Å². The first-order chi connectivity index (χ1) is 13.3. The van der Waals surface area contributed by atoms with Crippen molar-refractivity contribution in [2.45, 2.75) is 37.2 Å². The molecule has 2 atom stereocenters. The topological polar surface area (TPSA) is 67.3 Å². The molecule has 0 unspecified atom stereocenters. The predicted octanol–water partition coefficient (Wildman–Crippen LogP) is 3.31. The highest BCUT2D eigenvalue weighted by Gasteiger charge is 2.50. The summed E-state index contributed by atoms with van der Waals surface area (Å²) in [5.74, 6) is 0.310. The van der Waals surface area contributed by atoms with Gasteiger partial charge in [0.25, 0.3) is 0 Å². The van der Waals surface area contributed by atoms with Crippen molar-refractivity contribution in [2.24, 2.45) is 0 Å². The van der Waals surface area contributed by atoms with Gasteiger partial charge < -0.3 is 9.64 Å². The van der Waals surface area contributed by atoms with Crippen LogP contribution >= 0.6 is 0 Å². The summed E-state index contributed by atoms with van der Waals surface area (Å²) in [7, 11) is 1.79. The lowest BCUT2D eigenvalue weighted by molar-refractivity contribution is -0.274. The fourth-order valence-electron chi connectivity index (χ4n) is 3.92. The van der Waals surface area contributed by atoms with Crippen LogP contribution in [0.4, 0.5) is 13.2 Å². The number of aromatic nitrogens is 2. The van der Waals surface area contributed by atoms with Gasteiger partial charge in [-0.3, -0.25) is 10.1 Å². The van der Waals surface area contributed by atoms with E-state index in [0.29, 0.717) is 30.0 Å². The Labute approximate surface area is 161 Å². The van der Waals surface area contributed by atoms with E-state index in [9.17, 15) is 18.0 Å². The molecule has 1 aromatic heterocycles. The van der Waals surface area contributed by atoms with Crippen LogP contribution < -0.4 is 10.1 Å². The highest BCUT2D eigenvalue weighted by atomic mass is 19.4. The number of alkyl halides is 3. The molecule has 2 aliphatic heterocycles. The van der Waals surface area contributed by atoms with E-state index in [0.717, 1.165) is 12.8 Å². The third kappa shape index (κ3) is 3.54. The number of hydrogen-bond acceptors (Lipinski definition) is 5. The summed E-state index contributed by atoms with van der Waals surface area (Å²) in [6.45, 7) is 0.714. The van der Waals surface area contributed by atoms with E-state index < -0.39 is 11.9 Å². The molecule has 0 bridgehead atoms. The molecule has 1 N–H and O–H groups in total. The van der Waals surface area contributed by atoms with Crippen LogP contribution in [0, 0.1) is 0 Å². The van der Waals surface area contributed by atoms with Gasteiger partial charge in [-0.1, -0.05) is 12.1 Å². The van der Waals surface area contributed by atoms with Gasteiger partial charge in [-0.25, -0.2) is 9.97 Å². The molecule has 2 aliphatic rings. The van der Waals surface area contributed by atoms with Crippen LogP contribution in [-0.2, 0) is 4.79 Å². The Kier molecular flexibility index (Phi) is 4.49. The Morgan fingerprint density at radius 2 is 2.14 bits per heavy atom. The number of likely N-dealkylation sites (N-methyl/N-ethyl adjacent to an activating group) is 1. The van der Waals surface area contributed by atoms with Crippen molar-refractivity contribution < 1.29 is 24.1 Å². The van der Waals surface area contributed by atoms with E-state index in [1.807, 2.05) is 0 Å². The average molecular weight is 394 g/mol. The fourth-order valence-corrected chi connectivity index (χ4v) is 3.92. The second-order valence-electron chi connectivity index (χ2n) is 7.17. The van der Waals surface area contributed by atoms with Crippen LogP contribution in [0.25, 0.3) is 11.3 Å². The van der Waals surface area contributed by atoms with Crippen molar-refractivity contribution >= 4 is 5.91 Å². The molecule has 1 amide bonds. The summed E-state index contributed by atoms with van der Waals surface area (Å²) in [6.07, 6.45) is -0.998. The Morgan fingerprint density at radius 3 is 2.86 bits per heavy atom. The quantitative estimate of drug-likeness (QED) is 0.865. The minimum Gasteiger partial charge on any atom is -0.406 e. The first kappa shape index (κ1) is 18.7. The maximum atomic E-state index is 12.5. The van der Waals surface area contributed by atoms with Crippen LogP contribution in [0.3, 0.4) is 0 Å². The van der Waals surface area contributed by atoms with Gasteiger partial charge in [0.2, 0.25) is 5.91 Å². The molecule has 28 heavy (non-hydrogen) atoms. The normalized spacial score (nSPS) is 24.9. The largest absolute Gasteiger partial charge is 0.573 e. The van der Waals surface area contributed by atoms with Gasteiger partial charge in [-0.15, -0.1) is 13.2 Å². The van der Waals surface area contributed by atoms with Crippen molar-refractivity contribution in [1.29, 1.82) is 0 Å². The number of benzene rings is 1. The minimum absolute atomic E-state index is 0. The van der Waals surface area contributed by atoms with Crippen molar-refractivity contribution in [3.05, 3.63) is 42.4 Å². The molecule has 2 aromatic rings. The monoisotopic (exact) mass is 394 g/mol. The highest BCUT2D eigenvalue weighted by molar-refractivity contribution is 5.88.